The first-order valence-electron chi connectivity index (χ1n) is 11.0. The summed E-state index contributed by atoms with van der Waals surface area (Å²) in [4.78, 5) is 27.4. The van der Waals surface area contributed by atoms with E-state index in [2.05, 4.69) is 5.32 Å². The molecule has 184 valence electrons. The predicted octanol–water partition coefficient (Wildman–Crippen LogP) is 3.49. The molecule has 0 heterocycles. The molecule has 0 aliphatic carbocycles. The molecule has 1 N–H and O–H groups in total. The fourth-order valence-corrected chi connectivity index (χ4v) is 5.09. The van der Waals surface area contributed by atoms with Gasteiger partial charge in [-0.2, -0.15) is 0 Å². The Labute approximate surface area is 205 Å². The van der Waals surface area contributed by atoms with Crippen LogP contribution in [0.4, 0.5) is 10.1 Å². The van der Waals surface area contributed by atoms with E-state index in [0.717, 1.165) is 27.6 Å². The number of anilines is 1. The molecule has 1 atom stereocenters. The Bertz CT molecular complexity index is 1280. The molecule has 1 unspecified atom stereocenters. The van der Waals surface area contributed by atoms with Crippen molar-refractivity contribution in [3.05, 3.63) is 95.8 Å². The van der Waals surface area contributed by atoms with Crippen molar-refractivity contribution in [1.82, 2.24) is 10.2 Å². The van der Waals surface area contributed by atoms with Gasteiger partial charge in [-0.3, -0.25) is 13.9 Å². The summed E-state index contributed by atoms with van der Waals surface area (Å²) < 4.78 is 41.6. The number of amides is 2. The van der Waals surface area contributed by atoms with E-state index in [1.54, 1.807) is 25.1 Å². The van der Waals surface area contributed by atoms with Crippen molar-refractivity contribution in [2.75, 3.05) is 17.9 Å². The van der Waals surface area contributed by atoms with Crippen LogP contribution in [-0.2, 0) is 26.2 Å². The molecule has 0 fully saturated rings. The highest BCUT2D eigenvalue weighted by Crippen LogP contribution is 2.25. The van der Waals surface area contributed by atoms with Gasteiger partial charge in [0.05, 0.1) is 10.6 Å². The molecule has 2 amide bonds. The lowest BCUT2D eigenvalue weighted by atomic mass is 10.1. The lowest BCUT2D eigenvalue weighted by Crippen LogP contribution is -2.50. The molecule has 7 nitrogen and oxygen atoms in total. The molecule has 9 heteroatoms. The largest absolute Gasteiger partial charge is 0.357 e. The number of rotatable bonds is 9. The third-order valence-electron chi connectivity index (χ3n) is 5.57. The second-order valence-electron chi connectivity index (χ2n) is 8.10. The van der Waals surface area contributed by atoms with Crippen molar-refractivity contribution < 1.29 is 22.4 Å². The van der Waals surface area contributed by atoms with Gasteiger partial charge < -0.3 is 10.2 Å². The molecule has 35 heavy (non-hydrogen) atoms. The van der Waals surface area contributed by atoms with Crippen molar-refractivity contribution in [3.63, 3.8) is 0 Å². The Morgan fingerprint density at radius 1 is 0.971 bits per heavy atom. The van der Waals surface area contributed by atoms with Crippen LogP contribution in [-0.4, -0.2) is 44.8 Å². The molecule has 0 aliphatic heterocycles. The number of aryl methyl sites for hydroxylation is 1. The van der Waals surface area contributed by atoms with Crippen molar-refractivity contribution in [3.8, 4) is 0 Å². The van der Waals surface area contributed by atoms with Crippen LogP contribution in [0.1, 0.15) is 18.1 Å². The van der Waals surface area contributed by atoms with E-state index in [0.29, 0.717) is 0 Å². The summed E-state index contributed by atoms with van der Waals surface area (Å²) in [5, 5.41) is 2.54. The maximum absolute atomic E-state index is 13.6. The Balaban J connectivity index is 2.01. The first kappa shape index (κ1) is 25.9. The molecule has 0 saturated heterocycles. The number of likely N-dealkylation sites (N-methyl/N-ethyl adjacent to an activating group) is 1. The van der Waals surface area contributed by atoms with Crippen LogP contribution in [0.25, 0.3) is 0 Å². The standard InChI is InChI=1S/C26H28FN3O4S/c1-19-8-7-9-21(16-19)17-29(20(2)26(32)28-3)25(31)18-30(23-14-12-22(27)13-15-23)35(33,34)24-10-5-4-6-11-24/h4-16,20H,17-18H2,1-3H3,(H,28,32). The summed E-state index contributed by atoms with van der Waals surface area (Å²) in [6, 6.07) is 19.2. The number of nitrogens with zero attached hydrogens (tertiary/aromatic N) is 2. The first-order chi connectivity index (χ1) is 16.6. The maximum Gasteiger partial charge on any atom is 0.264 e. The van der Waals surface area contributed by atoms with Crippen molar-refractivity contribution in [1.29, 1.82) is 0 Å². The second-order valence-corrected chi connectivity index (χ2v) is 9.96. The van der Waals surface area contributed by atoms with Crippen LogP contribution in [0, 0.1) is 12.7 Å². The summed E-state index contributed by atoms with van der Waals surface area (Å²) in [5.74, 6) is -1.50. The van der Waals surface area contributed by atoms with Crippen LogP contribution in [0.5, 0.6) is 0 Å². The average molecular weight is 498 g/mol. The summed E-state index contributed by atoms with van der Waals surface area (Å²) in [6.45, 7) is 3.04. The number of halogens is 1. The van der Waals surface area contributed by atoms with Gasteiger partial charge in [0.2, 0.25) is 11.8 Å². The molecule has 3 aromatic rings. The second kappa shape index (κ2) is 11.1. The zero-order valence-electron chi connectivity index (χ0n) is 19.8. The number of nitrogens with one attached hydrogen (secondary N) is 1. The van der Waals surface area contributed by atoms with Crippen molar-refractivity contribution >= 4 is 27.5 Å². The minimum atomic E-state index is -4.16. The molecule has 3 aromatic carbocycles. The maximum atomic E-state index is 13.6. The molecule has 0 saturated carbocycles. The van der Waals surface area contributed by atoms with Gasteiger partial charge in [-0.15, -0.1) is 0 Å². The Morgan fingerprint density at radius 2 is 1.63 bits per heavy atom. The highest BCUT2D eigenvalue weighted by Gasteiger charge is 2.32. The van der Waals surface area contributed by atoms with Gasteiger partial charge in [-0.1, -0.05) is 48.0 Å². The minimum absolute atomic E-state index is 0.0123. The number of sulfonamides is 1. The molecule has 0 aliphatic rings. The molecule has 0 radical (unpaired) electrons. The number of benzene rings is 3. The molecule has 0 aromatic heterocycles. The summed E-state index contributed by atoms with van der Waals surface area (Å²) in [6.07, 6.45) is 0. The highest BCUT2D eigenvalue weighted by atomic mass is 32.2. The topological polar surface area (TPSA) is 86.8 Å². The van der Waals surface area contributed by atoms with E-state index in [9.17, 15) is 22.4 Å². The average Bonchev–Trinajstić information content (AvgIpc) is 2.86. The summed E-state index contributed by atoms with van der Waals surface area (Å²) in [5.41, 5.74) is 1.92. The zero-order valence-corrected chi connectivity index (χ0v) is 20.6. The smallest absolute Gasteiger partial charge is 0.264 e. The number of carbonyl (C=O) groups is 2. The number of hydrogen-bond acceptors (Lipinski definition) is 4. The molecular weight excluding hydrogens is 469 g/mol. The quantitative estimate of drug-likeness (QED) is 0.490. The van der Waals surface area contributed by atoms with E-state index >= 15 is 0 Å². The van der Waals surface area contributed by atoms with Gasteiger partial charge in [-0.25, -0.2) is 12.8 Å². The SMILES string of the molecule is CNC(=O)C(C)N(Cc1cccc(C)c1)C(=O)CN(c1ccc(F)cc1)S(=O)(=O)c1ccccc1. The van der Waals surface area contributed by atoms with Gasteiger partial charge in [0.15, 0.2) is 0 Å². The fraction of sp³-hybridized carbons (Fsp3) is 0.231. The summed E-state index contributed by atoms with van der Waals surface area (Å²) >= 11 is 0. The van der Waals surface area contributed by atoms with Crippen LogP contribution >= 0.6 is 0 Å². The van der Waals surface area contributed by atoms with Crippen LogP contribution in [0.15, 0.2) is 83.8 Å². The molecular formula is C26H28FN3O4S. The van der Waals surface area contributed by atoms with Gasteiger partial charge in [0.25, 0.3) is 10.0 Å². The lowest BCUT2D eigenvalue weighted by molar-refractivity contribution is -0.139. The zero-order chi connectivity index (χ0) is 25.6. The van der Waals surface area contributed by atoms with Gasteiger partial charge in [-0.05, 0) is 55.8 Å². The third kappa shape index (κ3) is 6.24. The van der Waals surface area contributed by atoms with E-state index < -0.39 is 34.3 Å². The molecule has 3 rings (SSSR count). The fourth-order valence-electron chi connectivity index (χ4n) is 3.65. The van der Waals surface area contributed by atoms with Gasteiger partial charge in [0.1, 0.15) is 18.4 Å². The lowest BCUT2D eigenvalue weighted by Gasteiger charge is -2.31. The normalized spacial score (nSPS) is 12.0. The first-order valence-corrected chi connectivity index (χ1v) is 12.5. The Kier molecular flexibility index (Phi) is 8.24. The monoisotopic (exact) mass is 497 g/mol. The highest BCUT2D eigenvalue weighted by molar-refractivity contribution is 7.92. The van der Waals surface area contributed by atoms with Crippen LogP contribution in [0.2, 0.25) is 0 Å². The van der Waals surface area contributed by atoms with Crippen LogP contribution in [0.3, 0.4) is 0 Å². The van der Waals surface area contributed by atoms with Gasteiger partial charge >= 0.3 is 0 Å². The van der Waals surface area contributed by atoms with E-state index in [1.807, 2.05) is 31.2 Å². The van der Waals surface area contributed by atoms with E-state index in [1.165, 1.54) is 36.2 Å². The van der Waals surface area contributed by atoms with Gasteiger partial charge in [0, 0.05) is 13.6 Å². The van der Waals surface area contributed by atoms with Crippen LogP contribution < -0.4 is 9.62 Å². The van der Waals surface area contributed by atoms with Crippen molar-refractivity contribution in [2.45, 2.75) is 31.3 Å². The molecule has 0 spiro atoms. The molecule has 0 bridgehead atoms. The van der Waals surface area contributed by atoms with Crippen molar-refractivity contribution in [2.24, 2.45) is 0 Å². The Hall–Kier alpha value is -3.72. The minimum Gasteiger partial charge on any atom is -0.357 e. The van der Waals surface area contributed by atoms with E-state index in [4.69, 9.17) is 0 Å². The third-order valence-corrected chi connectivity index (χ3v) is 7.36. The Morgan fingerprint density at radius 3 is 2.23 bits per heavy atom. The van der Waals surface area contributed by atoms with E-state index in [-0.39, 0.29) is 23.0 Å². The number of hydrogen-bond donors (Lipinski definition) is 1. The summed E-state index contributed by atoms with van der Waals surface area (Å²) in [7, 11) is -2.69. The predicted molar refractivity (Wildman–Crippen MR) is 133 cm³/mol. The number of carbonyl (C=O) groups excluding carboxylic acids is 2.